The lowest BCUT2D eigenvalue weighted by Gasteiger charge is -2.39. The van der Waals surface area contributed by atoms with Crippen LogP contribution in [0.25, 0.3) is 0 Å². The normalized spacial score (nSPS) is 18.0. The highest BCUT2D eigenvalue weighted by atomic mass is 79.9. The van der Waals surface area contributed by atoms with Crippen LogP contribution in [0.4, 0.5) is 5.69 Å². The number of carbonyl (C=O) groups excluding carboxylic acids is 2. The van der Waals surface area contributed by atoms with E-state index in [2.05, 4.69) is 15.9 Å². The summed E-state index contributed by atoms with van der Waals surface area (Å²) in [7, 11) is 0. The van der Waals surface area contributed by atoms with Crippen molar-refractivity contribution in [3.63, 3.8) is 0 Å². The Hall–Kier alpha value is -1.85. The summed E-state index contributed by atoms with van der Waals surface area (Å²) in [6.07, 6.45) is 0. The number of amides is 2. The lowest BCUT2D eigenvalue weighted by Crippen LogP contribution is -2.57. The van der Waals surface area contributed by atoms with Crippen LogP contribution in [0.15, 0.2) is 53.0 Å². The number of hydrogen-bond acceptors (Lipinski definition) is 2. The second-order valence-electron chi connectivity index (χ2n) is 5.62. The Kier molecular flexibility index (Phi) is 4.92. The third kappa shape index (κ3) is 3.19. The molecule has 2 aromatic carbocycles. The summed E-state index contributed by atoms with van der Waals surface area (Å²) in [6, 6.07) is 13.9. The second-order valence-corrected chi connectivity index (χ2v) is 6.94. The van der Waals surface area contributed by atoms with Gasteiger partial charge in [-0.15, -0.1) is 0 Å². The van der Waals surface area contributed by atoms with Gasteiger partial charge >= 0.3 is 0 Å². The van der Waals surface area contributed by atoms with Crippen LogP contribution in [0.3, 0.4) is 0 Å². The van der Waals surface area contributed by atoms with Crippen molar-refractivity contribution in [1.29, 1.82) is 0 Å². The Morgan fingerprint density at radius 3 is 2.46 bits per heavy atom. The Labute approximate surface area is 154 Å². The predicted octanol–water partition coefficient (Wildman–Crippen LogP) is 3.98. The minimum absolute atomic E-state index is 0.0935. The standard InChI is InChI=1S/C18H16BrClN2O2/c1-12-17(23)22(14-8-6-13(19)7-9-14)11-10-21(12)18(24)15-4-2-3-5-16(15)20/h2-9,12H,10-11H2,1H3/t12-/m1/s1. The first-order valence-electron chi connectivity index (χ1n) is 7.61. The number of rotatable bonds is 2. The fourth-order valence-electron chi connectivity index (χ4n) is 2.81. The maximum Gasteiger partial charge on any atom is 0.256 e. The molecule has 0 radical (unpaired) electrons. The van der Waals surface area contributed by atoms with Crippen LogP contribution in [0.2, 0.25) is 5.02 Å². The summed E-state index contributed by atoms with van der Waals surface area (Å²) in [5.74, 6) is -0.305. The summed E-state index contributed by atoms with van der Waals surface area (Å²) in [5.41, 5.74) is 1.26. The molecule has 124 valence electrons. The van der Waals surface area contributed by atoms with E-state index in [0.29, 0.717) is 23.7 Å². The first-order chi connectivity index (χ1) is 11.5. The zero-order valence-electron chi connectivity index (χ0n) is 13.1. The van der Waals surface area contributed by atoms with Crippen LogP contribution in [0.1, 0.15) is 17.3 Å². The molecule has 1 fully saturated rings. The van der Waals surface area contributed by atoms with E-state index in [9.17, 15) is 9.59 Å². The molecule has 1 aliphatic rings. The van der Waals surface area contributed by atoms with Gasteiger partial charge in [-0.3, -0.25) is 9.59 Å². The van der Waals surface area contributed by atoms with Gasteiger partial charge in [0.05, 0.1) is 10.6 Å². The second kappa shape index (κ2) is 6.95. The zero-order chi connectivity index (χ0) is 17.3. The van der Waals surface area contributed by atoms with E-state index >= 15 is 0 Å². The van der Waals surface area contributed by atoms with Gasteiger partial charge in [0.15, 0.2) is 0 Å². The highest BCUT2D eigenvalue weighted by molar-refractivity contribution is 9.10. The van der Waals surface area contributed by atoms with E-state index in [1.54, 1.807) is 41.0 Å². The van der Waals surface area contributed by atoms with E-state index in [-0.39, 0.29) is 11.8 Å². The molecule has 0 spiro atoms. The Morgan fingerprint density at radius 1 is 1.12 bits per heavy atom. The minimum atomic E-state index is -0.536. The van der Waals surface area contributed by atoms with E-state index in [1.165, 1.54) is 0 Å². The van der Waals surface area contributed by atoms with E-state index in [1.807, 2.05) is 24.3 Å². The van der Waals surface area contributed by atoms with E-state index in [0.717, 1.165) is 10.2 Å². The molecule has 1 aliphatic heterocycles. The summed E-state index contributed by atoms with van der Waals surface area (Å²) in [5, 5.41) is 0.400. The molecule has 0 aromatic heterocycles. The number of anilines is 1. The molecular formula is C18H16BrClN2O2. The minimum Gasteiger partial charge on any atom is -0.325 e. The molecule has 1 heterocycles. The summed E-state index contributed by atoms with van der Waals surface area (Å²) in [4.78, 5) is 28.8. The maximum absolute atomic E-state index is 12.7. The molecule has 24 heavy (non-hydrogen) atoms. The number of piperazine rings is 1. The molecule has 1 saturated heterocycles. The largest absolute Gasteiger partial charge is 0.325 e. The average Bonchev–Trinajstić information content (AvgIpc) is 2.58. The molecule has 2 amide bonds. The number of benzene rings is 2. The van der Waals surface area contributed by atoms with Gasteiger partial charge in [0.1, 0.15) is 6.04 Å². The SMILES string of the molecule is C[C@@H]1C(=O)N(c2ccc(Br)cc2)CCN1C(=O)c1ccccc1Cl. The van der Waals surface area contributed by atoms with Crippen molar-refractivity contribution >= 4 is 45.0 Å². The summed E-state index contributed by atoms with van der Waals surface area (Å²) >= 11 is 9.50. The smallest absolute Gasteiger partial charge is 0.256 e. The van der Waals surface area contributed by atoms with Crippen molar-refractivity contribution in [2.75, 3.05) is 18.0 Å². The van der Waals surface area contributed by atoms with Gasteiger partial charge in [-0.1, -0.05) is 39.7 Å². The average molecular weight is 408 g/mol. The fourth-order valence-corrected chi connectivity index (χ4v) is 3.30. The van der Waals surface area contributed by atoms with Crippen LogP contribution in [0, 0.1) is 0 Å². The highest BCUT2D eigenvalue weighted by Gasteiger charge is 2.35. The van der Waals surface area contributed by atoms with Crippen molar-refractivity contribution in [3.8, 4) is 0 Å². The summed E-state index contributed by atoms with van der Waals surface area (Å²) < 4.78 is 0.958. The molecule has 4 nitrogen and oxygen atoms in total. The van der Waals surface area contributed by atoms with Crippen LogP contribution in [-0.2, 0) is 4.79 Å². The molecule has 0 N–H and O–H groups in total. The molecular weight excluding hydrogens is 392 g/mol. The highest BCUT2D eigenvalue weighted by Crippen LogP contribution is 2.25. The summed E-state index contributed by atoms with van der Waals surface area (Å²) in [6.45, 7) is 2.68. The van der Waals surface area contributed by atoms with Crippen molar-refractivity contribution in [3.05, 3.63) is 63.6 Å². The van der Waals surface area contributed by atoms with Gasteiger partial charge in [0.2, 0.25) is 5.91 Å². The van der Waals surface area contributed by atoms with Crippen molar-refractivity contribution < 1.29 is 9.59 Å². The first kappa shape index (κ1) is 17.0. The van der Waals surface area contributed by atoms with Crippen LogP contribution in [-0.4, -0.2) is 35.8 Å². The van der Waals surface area contributed by atoms with Gasteiger partial charge in [-0.25, -0.2) is 0 Å². The van der Waals surface area contributed by atoms with E-state index in [4.69, 9.17) is 11.6 Å². The quantitative estimate of drug-likeness (QED) is 0.755. The van der Waals surface area contributed by atoms with Crippen molar-refractivity contribution in [1.82, 2.24) is 4.90 Å². The monoisotopic (exact) mass is 406 g/mol. The molecule has 0 aliphatic carbocycles. The number of hydrogen-bond donors (Lipinski definition) is 0. The van der Waals surface area contributed by atoms with Gasteiger partial charge in [0, 0.05) is 23.2 Å². The first-order valence-corrected chi connectivity index (χ1v) is 8.78. The third-order valence-corrected chi connectivity index (χ3v) is 5.02. The molecule has 0 bridgehead atoms. The molecule has 0 unspecified atom stereocenters. The molecule has 0 saturated carbocycles. The predicted molar refractivity (Wildman–Crippen MR) is 98.4 cm³/mol. The molecule has 1 atom stereocenters. The molecule has 6 heteroatoms. The fraction of sp³-hybridized carbons (Fsp3) is 0.222. The van der Waals surface area contributed by atoms with Gasteiger partial charge < -0.3 is 9.80 Å². The van der Waals surface area contributed by atoms with Crippen molar-refractivity contribution in [2.45, 2.75) is 13.0 Å². The van der Waals surface area contributed by atoms with Gasteiger partial charge in [-0.2, -0.15) is 0 Å². The lowest BCUT2D eigenvalue weighted by atomic mass is 10.1. The van der Waals surface area contributed by atoms with Gasteiger partial charge in [-0.05, 0) is 43.3 Å². The Bertz CT molecular complexity index is 779. The van der Waals surface area contributed by atoms with Crippen LogP contribution in [0.5, 0.6) is 0 Å². The van der Waals surface area contributed by atoms with Crippen molar-refractivity contribution in [2.24, 2.45) is 0 Å². The Balaban J connectivity index is 1.81. The molecule has 2 aromatic rings. The topological polar surface area (TPSA) is 40.6 Å². The lowest BCUT2D eigenvalue weighted by molar-refractivity contribution is -0.124. The molecule has 3 rings (SSSR count). The Morgan fingerprint density at radius 2 is 1.79 bits per heavy atom. The van der Waals surface area contributed by atoms with Crippen LogP contribution < -0.4 is 4.90 Å². The maximum atomic E-state index is 12.7. The number of nitrogens with zero attached hydrogens (tertiary/aromatic N) is 2. The van der Waals surface area contributed by atoms with Gasteiger partial charge in [0.25, 0.3) is 5.91 Å². The van der Waals surface area contributed by atoms with Crippen LogP contribution >= 0.6 is 27.5 Å². The zero-order valence-corrected chi connectivity index (χ0v) is 15.4. The third-order valence-electron chi connectivity index (χ3n) is 4.16. The van der Waals surface area contributed by atoms with E-state index < -0.39 is 6.04 Å². The number of halogens is 2. The number of carbonyl (C=O) groups is 2.